The minimum atomic E-state index is -0.217. The van der Waals surface area contributed by atoms with E-state index < -0.39 is 0 Å². The lowest BCUT2D eigenvalue weighted by atomic mass is 10.1. The molecule has 0 saturated carbocycles. The van der Waals surface area contributed by atoms with Gasteiger partial charge in [-0.15, -0.1) is 0 Å². The normalized spacial score (nSPS) is 16.4. The zero-order chi connectivity index (χ0) is 20.1. The number of aryl methyl sites for hydroxylation is 2. The maximum Gasteiger partial charge on any atom is 0.220 e. The van der Waals surface area contributed by atoms with Crippen molar-refractivity contribution in [2.45, 2.75) is 38.3 Å². The molecule has 1 aliphatic heterocycles. The molecule has 28 heavy (non-hydrogen) atoms. The van der Waals surface area contributed by atoms with Gasteiger partial charge in [-0.05, 0) is 68.7 Å². The van der Waals surface area contributed by atoms with E-state index in [4.69, 9.17) is 0 Å². The molecule has 1 amide bonds. The Morgan fingerprint density at radius 2 is 1.93 bits per heavy atom. The molecule has 1 aromatic heterocycles. The summed E-state index contributed by atoms with van der Waals surface area (Å²) in [5.41, 5.74) is 4.01. The zero-order valence-corrected chi connectivity index (χ0v) is 17.5. The van der Waals surface area contributed by atoms with E-state index in [0.717, 1.165) is 47.3 Å². The van der Waals surface area contributed by atoms with Crippen molar-refractivity contribution in [2.75, 3.05) is 30.8 Å². The zero-order valence-electron chi connectivity index (χ0n) is 16.7. The van der Waals surface area contributed by atoms with Gasteiger partial charge in [-0.2, -0.15) is 0 Å². The second-order valence-corrected chi connectivity index (χ2v) is 8.01. The smallest absolute Gasteiger partial charge is 0.220 e. The second kappa shape index (κ2) is 9.37. The van der Waals surface area contributed by atoms with Crippen LogP contribution in [0.25, 0.3) is 0 Å². The van der Waals surface area contributed by atoms with Gasteiger partial charge in [0.2, 0.25) is 5.91 Å². The highest BCUT2D eigenvalue weighted by atomic mass is 32.2. The van der Waals surface area contributed by atoms with E-state index in [1.807, 2.05) is 32.2 Å². The van der Waals surface area contributed by atoms with Crippen LogP contribution in [0, 0.1) is 25.6 Å². The van der Waals surface area contributed by atoms with Crippen molar-refractivity contribution in [3.05, 3.63) is 47.0 Å². The third-order valence-electron chi connectivity index (χ3n) is 5.25. The lowest BCUT2D eigenvalue weighted by molar-refractivity contribution is -0.121. The molecule has 1 N–H and O–H groups in total. The first kappa shape index (κ1) is 20.6. The molecular formula is C21H27FN4OS. The van der Waals surface area contributed by atoms with Crippen molar-refractivity contribution in [3.8, 4) is 0 Å². The number of halogens is 1. The van der Waals surface area contributed by atoms with Crippen LogP contribution < -0.4 is 10.2 Å². The molecule has 5 nitrogen and oxygen atoms in total. The maximum atomic E-state index is 13.1. The number of carbonyl (C=O) groups is 1. The van der Waals surface area contributed by atoms with Gasteiger partial charge in [0.25, 0.3) is 0 Å². The summed E-state index contributed by atoms with van der Waals surface area (Å²) < 4.78 is 13.1. The van der Waals surface area contributed by atoms with Crippen LogP contribution in [0.2, 0.25) is 0 Å². The quantitative estimate of drug-likeness (QED) is 0.567. The number of nitrogens with one attached hydrogen (secondary N) is 1. The predicted octanol–water partition coefficient (Wildman–Crippen LogP) is 3.53. The van der Waals surface area contributed by atoms with Crippen LogP contribution in [-0.4, -0.2) is 41.8 Å². The molecule has 1 unspecified atom stereocenters. The van der Waals surface area contributed by atoms with Crippen molar-refractivity contribution in [3.63, 3.8) is 0 Å². The van der Waals surface area contributed by atoms with Crippen LogP contribution in [0.5, 0.6) is 0 Å². The number of aromatic nitrogens is 2. The summed E-state index contributed by atoms with van der Waals surface area (Å²) in [4.78, 5) is 23.5. The molecular weight excluding hydrogens is 375 g/mol. The molecule has 0 aliphatic carbocycles. The Hall–Kier alpha value is -2.15. The number of rotatable bonds is 7. The molecule has 3 rings (SSSR count). The number of hydrogen-bond acceptors (Lipinski definition) is 5. The summed E-state index contributed by atoms with van der Waals surface area (Å²) in [6.07, 6.45) is 4.09. The van der Waals surface area contributed by atoms with Crippen molar-refractivity contribution in [1.29, 1.82) is 0 Å². The van der Waals surface area contributed by atoms with E-state index in [0.29, 0.717) is 25.3 Å². The third-order valence-corrected chi connectivity index (χ3v) is 5.80. The second-order valence-electron chi connectivity index (χ2n) is 7.24. The topological polar surface area (TPSA) is 58.1 Å². The third kappa shape index (κ3) is 5.22. The largest absolute Gasteiger partial charge is 0.371 e. The van der Waals surface area contributed by atoms with Crippen molar-refractivity contribution >= 4 is 23.4 Å². The predicted molar refractivity (Wildman–Crippen MR) is 111 cm³/mol. The fourth-order valence-corrected chi connectivity index (χ4v) is 4.09. The van der Waals surface area contributed by atoms with E-state index in [2.05, 4.69) is 20.2 Å². The first-order chi connectivity index (χ1) is 13.5. The number of benzene rings is 1. The van der Waals surface area contributed by atoms with E-state index in [9.17, 15) is 9.18 Å². The Bertz CT molecular complexity index is 805. The molecule has 2 heterocycles. The van der Waals surface area contributed by atoms with Gasteiger partial charge in [0.05, 0.1) is 0 Å². The average Bonchev–Trinajstić information content (AvgIpc) is 3.15. The summed E-state index contributed by atoms with van der Waals surface area (Å²) in [6.45, 7) is 6.45. The summed E-state index contributed by atoms with van der Waals surface area (Å²) in [5, 5.41) is 3.84. The lowest BCUT2D eigenvalue weighted by Gasteiger charge is -2.19. The van der Waals surface area contributed by atoms with E-state index in [1.165, 1.54) is 23.9 Å². The van der Waals surface area contributed by atoms with Gasteiger partial charge in [0.15, 0.2) is 5.16 Å². The van der Waals surface area contributed by atoms with Gasteiger partial charge < -0.3 is 10.2 Å². The van der Waals surface area contributed by atoms with Gasteiger partial charge in [0, 0.05) is 43.1 Å². The number of thioether (sulfide) groups is 1. The van der Waals surface area contributed by atoms with Crippen LogP contribution in [0.3, 0.4) is 0 Å². The molecule has 7 heteroatoms. The van der Waals surface area contributed by atoms with Crippen LogP contribution in [0.4, 0.5) is 10.1 Å². The first-order valence-corrected chi connectivity index (χ1v) is 10.8. The molecule has 1 aliphatic rings. The Balaban J connectivity index is 1.44. The van der Waals surface area contributed by atoms with E-state index in [1.54, 1.807) is 0 Å². The van der Waals surface area contributed by atoms with Crippen LogP contribution in [-0.2, 0) is 11.2 Å². The summed E-state index contributed by atoms with van der Waals surface area (Å²) in [7, 11) is 0. The summed E-state index contributed by atoms with van der Waals surface area (Å²) in [6, 6.07) is 6.60. The SMILES string of the molecule is CSc1nc(C)c(CCC(=O)NCC2CCN(c3ccc(F)cc3)C2)c(C)n1. The molecule has 1 fully saturated rings. The molecule has 1 saturated heterocycles. The van der Waals surface area contributed by atoms with E-state index in [-0.39, 0.29) is 11.7 Å². The monoisotopic (exact) mass is 402 g/mol. The highest BCUT2D eigenvalue weighted by Gasteiger charge is 2.23. The fraction of sp³-hybridized carbons (Fsp3) is 0.476. The standard InChI is InChI=1S/C21H27FN4OS/c1-14-19(15(2)25-21(24-14)28-3)8-9-20(27)23-12-16-10-11-26(13-16)18-6-4-17(22)5-7-18/h4-7,16H,8-13H2,1-3H3,(H,23,27). The number of nitrogens with zero attached hydrogens (tertiary/aromatic N) is 3. The Labute approximate surface area is 170 Å². The number of hydrogen-bond donors (Lipinski definition) is 1. The number of carbonyl (C=O) groups excluding carboxylic acids is 1. The maximum absolute atomic E-state index is 13.1. The van der Waals surface area contributed by atoms with Crippen molar-refractivity contribution in [2.24, 2.45) is 5.92 Å². The molecule has 2 aromatic rings. The van der Waals surface area contributed by atoms with Gasteiger partial charge in [-0.1, -0.05) is 11.8 Å². The van der Waals surface area contributed by atoms with Crippen molar-refractivity contribution < 1.29 is 9.18 Å². The molecule has 1 atom stereocenters. The highest BCUT2D eigenvalue weighted by Crippen LogP contribution is 2.23. The average molecular weight is 403 g/mol. The molecule has 0 radical (unpaired) electrons. The minimum Gasteiger partial charge on any atom is -0.371 e. The fourth-order valence-electron chi connectivity index (χ4n) is 3.63. The molecule has 0 spiro atoms. The Morgan fingerprint density at radius 1 is 1.25 bits per heavy atom. The summed E-state index contributed by atoms with van der Waals surface area (Å²) in [5.74, 6) is 0.264. The van der Waals surface area contributed by atoms with Gasteiger partial charge in [-0.25, -0.2) is 14.4 Å². The van der Waals surface area contributed by atoms with E-state index >= 15 is 0 Å². The molecule has 1 aromatic carbocycles. The van der Waals surface area contributed by atoms with Crippen molar-refractivity contribution in [1.82, 2.24) is 15.3 Å². The minimum absolute atomic E-state index is 0.0629. The Morgan fingerprint density at radius 3 is 2.57 bits per heavy atom. The molecule has 150 valence electrons. The first-order valence-electron chi connectivity index (χ1n) is 9.61. The molecule has 0 bridgehead atoms. The summed E-state index contributed by atoms with van der Waals surface area (Å²) >= 11 is 1.53. The lowest BCUT2D eigenvalue weighted by Crippen LogP contribution is -2.31. The van der Waals surface area contributed by atoms with Gasteiger partial charge in [0.1, 0.15) is 5.82 Å². The van der Waals surface area contributed by atoms with Gasteiger partial charge in [-0.3, -0.25) is 4.79 Å². The van der Waals surface area contributed by atoms with Crippen LogP contribution in [0.15, 0.2) is 29.4 Å². The number of anilines is 1. The number of amides is 1. The van der Waals surface area contributed by atoms with Crippen LogP contribution >= 0.6 is 11.8 Å². The highest BCUT2D eigenvalue weighted by molar-refractivity contribution is 7.98. The van der Waals surface area contributed by atoms with Gasteiger partial charge >= 0.3 is 0 Å². The van der Waals surface area contributed by atoms with Crippen LogP contribution in [0.1, 0.15) is 29.8 Å². The Kier molecular flexibility index (Phi) is 6.88.